The minimum absolute atomic E-state index is 0. The van der Waals surface area contributed by atoms with Gasteiger partial charge in [-0.2, -0.15) is 0 Å². The van der Waals surface area contributed by atoms with Gasteiger partial charge in [-0.1, -0.05) is 20.8 Å². The smallest absolute Gasteiger partial charge is 0.320 e. The number of rotatable bonds is 2. The monoisotopic (exact) mass is 436 g/mol. The summed E-state index contributed by atoms with van der Waals surface area (Å²) in [7, 11) is 0. The van der Waals surface area contributed by atoms with Crippen LogP contribution < -0.4 is 5.32 Å². The number of hydrogen-bond acceptors (Lipinski definition) is 5. The number of likely N-dealkylation sites (tertiary alicyclic amines) is 2. The topological polar surface area (TPSA) is 74.8 Å². The van der Waals surface area contributed by atoms with Crippen molar-refractivity contribution in [3.8, 4) is 0 Å². The number of morpholine rings is 1. The van der Waals surface area contributed by atoms with Crippen LogP contribution >= 0.6 is 11.3 Å². The van der Waals surface area contributed by atoms with E-state index in [9.17, 15) is 9.59 Å². The van der Waals surface area contributed by atoms with Gasteiger partial charge in [-0.3, -0.25) is 4.79 Å². The molecule has 0 unspecified atom stereocenters. The quantitative estimate of drug-likeness (QED) is 0.773. The first kappa shape index (κ1) is 21.6. The average Bonchev–Trinajstić information content (AvgIpc) is 3.17. The van der Waals surface area contributed by atoms with Gasteiger partial charge in [0.25, 0.3) is 0 Å². The first-order chi connectivity index (χ1) is 14.1. The first-order valence-corrected chi connectivity index (χ1v) is 11.9. The minimum atomic E-state index is -0.364. The van der Waals surface area contributed by atoms with E-state index in [2.05, 4.69) is 31.5 Å². The third kappa shape index (κ3) is 4.49. The molecule has 4 rings (SSSR count). The molecule has 3 amide bonds. The predicted octanol–water partition coefficient (Wildman–Crippen LogP) is 3.04. The van der Waals surface area contributed by atoms with E-state index in [-0.39, 0.29) is 37.0 Å². The molecule has 7 nitrogen and oxygen atoms in total. The average molecular weight is 437 g/mol. The summed E-state index contributed by atoms with van der Waals surface area (Å²) >= 11 is 1.76. The Morgan fingerprint density at radius 2 is 2.07 bits per heavy atom. The van der Waals surface area contributed by atoms with Crippen LogP contribution in [0.5, 0.6) is 0 Å². The van der Waals surface area contributed by atoms with Crippen LogP contribution in [0.25, 0.3) is 0 Å². The number of carbonyl (C=O) groups is 2. The minimum Gasteiger partial charge on any atom is -0.363 e. The molecule has 3 aliphatic rings. The maximum atomic E-state index is 13.1. The number of nitrogens with zero attached hydrogens (tertiary/aromatic N) is 3. The Hall–Kier alpha value is -1.67. The van der Waals surface area contributed by atoms with Gasteiger partial charge in [0, 0.05) is 44.8 Å². The van der Waals surface area contributed by atoms with E-state index >= 15 is 0 Å². The lowest BCUT2D eigenvalue weighted by atomic mass is 9.87. The number of hydrogen-bond donors (Lipinski definition) is 1. The predicted molar refractivity (Wildman–Crippen MR) is 119 cm³/mol. The standard InChI is InChI=1S/C22H34N4O3S.H2/c1-21(2,3)17-14-30-19(24-17)11-15-5-8-25(9-6-15)20(28)26-10-7-22(4)16(12-26)23-18(27)13-29-22;/h14-16H,5-13H2,1-4H3,(H,23,27);1H/t16-,22+;/m0./s1. The Morgan fingerprint density at radius 3 is 2.73 bits per heavy atom. The van der Waals surface area contributed by atoms with Crippen LogP contribution in [0.1, 0.15) is 59.1 Å². The van der Waals surface area contributed by atoms with E-state index in [1.54, 1.807) is 11.3 Å². The van der Waals surface area contributed by atoms with Crippen LogP contribution in [0, 0.1) is 5.92 Å². The molecule has 4 heterocycles. The van der Waals surface area contributed by atoms with Crippen molar-refractivity contribution in [2.75, 3.05) is 32.8 Å². The lowest BCUT2D eigenvalue weighted by molar-refractivity contribution is -0.156. The van der Waals surface area contributed by atoms with Crippen molar-refractivity contribution >= 4 is 23.3 Å². The van der Waals surface area contributed by atoms with Crippen LogP contribution in [-0.2, 0) is 21.4 Å². The van der Waals surface area contributed by atoms with Gasteiger partial charge in [-0.25, -0.2) is 9.78 Å². The largest absolute Gasteiger partial charge is 0.363 e. The fraction of sp³-hybridized carbons (Fsp3) is 0.773. The Morgan fingerprint density at radius 1 is 1.33 bits per heavy atom. The van der Waals surface area contributed by atoms with Gasteiger partial charge >= 0.3 is 6.03 Å². The second-order valence-corrected chi connectivity index (χ2v) is 11.2. The molecule has 3 aliphatic heterocycles. The number of fused-ring (bicyclic) bond motifs is 1. The Balaban J connectivity index is 0.00000272. The van der Waals surface area contributed by atoms with Crippen LogP contribution in [0.4, 0.5) is 4.79 Å². The zero-order chi connectivity index (χ0) is 21.5. The molecule has 30 heavy (non-hydrogen) atoms. The van der Waals surface area contributed by atoms with Gasteiger partial charge in [-0.15, -0.1) is 11.3 Å². The molecule has 1 aromatic rings. The van der Waals surface area contributed by atoms with Gasteiger partial charge in [0.1, 0.15) is 6.61 Å². The number of ether oxygens (including phenoxy) is 1. The molecular formula is C22H36N4O3S. The van der Waals surface area contributed by atoms with Gasteiger partial charge in [-0.05, 0) is 32.1 Å². The molecular weight excluding hydrogens is 400 g/mol. The molecule has 168 valence electrons. The number of aromatic nitrogens is 1. The third-order valence-electron chi connectivity index (χ3n) is 6.83. The van der Waals surface area contributed by atoms with Gasteiger partial charge in [0.2, 0.25) is 5.91 Å². The summed E-state index contributed by atoms with van der Waals surface area (Å²) in [6.07, 6.45) is 3.80. The Kier molecular flexibility index (Phi) is 5.83. The van der Waals surface area contributed by atoms with E-state index < -0.39 is 0 Å². The lowest BCUT2D eigenvalue weighted by Gasteiger charge is -2.49. The number of thiazole rings is 1. The molecule has 0 bridgehead atoms. The molecule has 3 saturated heterocycles. The highest BCUT2D eigenvalue weighted by molar-refractivity contribution is 7.09. The maximum absolute atomic E-state index is 13.1. The molecule has 1 N–H and O–H groups in total. The van der Waals surface area contributed by atoms with Crippen molar-refractivity contribution in [1.29, 1.82) is 0 Å². The summed E-state index contributed by atoms with van der Waals surface area (Å²) in [6, 6.07) is -0.0319. The Labute approximate surface area is 184 Å². The van der Waals surface area contributed by atoms with Crippen molar-refractivity contribution in [3.05, 3.63) is 16.1 Å². The summed E-state index contributed by atoms with van der Waals surface area (Å²) < 4.78 is 5.78. The molecule has 8 heteroatoms. The van der Waals surface area contributed by atoms with E-state index in [4.69, 9.17) is 9.72 Å². The van der Waals surface area contributed by atoms with Crippen LogP contribution in [-0.4, -0.2) is 71.2 Å². The molecule has 3 fully saturated rings. The zero-order valence-electron chi connectivity index (χ0n) is 18.6. The number of nitrogens with one attached hydrogen (secondary N) is 1. The molecule has 1 aromatic heterocycles. The zero-order valence-corrected chi connectivity index (χ0v) is 19.4. The van der Waals surface area contributed by atoms with Crippen molar-refractivity contribution in [2.24, 2.45) is 5.92 Å². The number of amides is 3. The maximum Gasteiger partial charge on any atom is 0.320 e. The highest BCUT2D eigenvalue weighted by Gasteiger charge is 2.46. The number of urea groups is 1. The molecule has 0 spiro atoms. The van der Waals surface area contributed by atoms with Crippen LogP contribution in [0.3, 0.4) is 0 Å². The molecule has 0 saturated carbocycles. The van der Waals surface area contributed by atoms with Crippen LogP contribution in [0.15, 0.2) is 5.38 Å². The van der Waals surface area contributed by atoms with Crippen LogP contribution in [0.2, 0.25) is 0 Å². The van der Waals surface area contributed by atoms with Crippen molar-refractivity contribution < 1.29 is 15.8 Å². The van der Waals surface area contributed by atoms with Crippen molar-refractivity contribution in [3.63, 3.8) is 0 Å². The normalized spacial score (nSPS) is 28.3. The van der Waals surface area contributed by atoms with E-state index in [0.717, 1.165) is 38.8 Å². The molecule has 0 aliphatic carbocycles. The highest BCUT2D eigenvalue weighted by Crippen LogP contribution is 2.31. The Bertz CT molecular complexity index is 803. The summed E-state index contributed by atoms with van der Waals surface area (Å²) in [5, 5.41) is 6.41. The van der Waals surface area contributed by atoms with E-state index in [1.165, 1.54) is 10.7 Å². The van der Waals surface area contributed by atoms with Crippen molar-refractivity contribution in [2.45, 2.75) is 70.4 Å². The SMILES string of the molecule is CC(C)(C)c1csc(CC2CCN(C(=O)N3CC[C@@]4(C)OCC(=O)N[C@H]4C3)CC2)n1.[HH]. The number of piperidine rings is 2. The lowest BCUT2D eigenvalue weighted by Crippen LogP contribution is -2.67. The first-order valence-electron chi connectivity index (χ1n) is 11.1. The molecule has 2 atom stereocenters. The van der Waals surface area contributed by atoms with Gasteiger partial charge in [0.05, 0.1) is 22.3 Å². The highest BCUT2D eigenvalue weighted by atomic mass is 32.1. The summed E-state index contributed by atoms with van der Waals surface area (Å²) in [6.45, 7) is 11.5. The summed E-state index contributed by atoms with van der Waals surface area (Å²) in [5.74, 6) is 0.494. The van der Waals surface area contributed by atoms with Gasteiger partial charge in [0.15, 0.2) is 0 Å². The molecule has 0 radical (unpaired) electrons. The summed E-state index contributed by atoms with van der Waals surface area (Å²) in [5.41, 5.74) is 0.904. The second-order valence-electron chi connectivity index (χ2n) is 10.2. The number of carbonyl (C=O) groups excluding carboxylic acids is 2. The fourth-order valence-electron chi connectivity index (χ4n) is 4.57. The fourth-order valence-corrected chi connectivity index (χ4v) is 5.71. The molecule has 0 aromatic carbocycles. The summed E-state index contributed by atoms with van der Waals surface area (Å²) in [4.78, 5) is 33.5. The van der Waals surface area contributed by atoms with E-state index in [0.29, 0.717) is 19.0 Å². The third-order valence-corrected chi connectivity index (χ3v) is 7.70. The van der Waals surface area contributed by atoms with Crippen molar-refractivity contribution in [1.82, 2.24) is 20.1 Å². The second kappa shape index (κ2) is 8.11. The van der Waals surface area contributed by atoms with Gasteiger partial charge < -0.3 is 19.9 Å². The van der Waals surface area contributed by atoms with E-state index in [1.807, 2.05) is 16.7 Å².